The van der Waals surface area contributed by atoms with E-state index in [4.69, 9.17) is 4.74 Å². The van der Waals surface area contributed by atoms with Gasteiger partial charge in [0.1, 0.15) is 28.7 Å². The number of ether oxygens (including phenoxy) is 1. The standard InChI is InChI=1S/C33H42N6O8S2/c1-19-6-4-5-7-22-17-33(22,30(42)38-49(45,46)32(3)9-10-32)37-27(40)24-16-23(18-39(24)29(41)26(20(2)14-19)36-31(43)44)47-25-15-21(8-11-34-25)28-35-12-13-48-28/h5,7-8,11-13,15,19-20,22-24,26,36H,4,6,9-10,14,16-18H2,1-3H3,(H,37,40)(H,38,42)(H,43,44)/t19-,20-,22-,23-,24+,26+,33-/m1/s1. The van der Waals surface area contributed by atoms with Gasteiger partial charge in [-0.1, -0.05) is 26.0 Å². The molecule has 16 heteroatoms. The predicted octanol–water partition coefficient (Wildman–Crippen LogP) is 3.08. The highest BCUT2D eigenvalue weighted by Crippen LogP contribution is 2.47. The molecule has 1 saturated heterocycles. The molecule has 4 amide bonds. The zero-order valence-corrected chi connectivity index (χ0v) is 29.3. The van der Waals surface area contributed by atoms with E-state index in [1.54, 1.807) is 31.5 Å². The number of pyridine rings is 1. The van der Waals surface area contributed by atoms with E-state index in [0.717, 1.165) is 17.0 Å². The summed E-state index contributed by atoms with van der Waals surface area (Å²) >= 11 is 1.45. The Morgan fingerprint density at radius 1 is 1.16 bits per heavy atom. The molecule has 49 heavy (non-hydrogen) atoms. The summed E-state index contributed by atoms with van der Waals surface area (Å²) < 4.78 is 33.5. The number of amides is 4. The Bertz CT molecular complexity index is 1750. The minimum absolute atomic E-state index is 0.0277. The Balaban J connectivity index is 1.31. The van der Waals surface area contributed by atoms with E-state index in [1.807, 2.05) is 31.4 Å². The monoisotopic (exact) mass is 714 g/mol. The molecule has 0 unspecified atom stereocenters. The van der Waals surface area contributed by atoms with E-state index in [1.165, 1.54) is 16.2 Å². The number of nitrogens with zero attached hydrogens (tertiary/aromatic N) is 3. The van der Waals surface area contributed by atoms with Crippen LogP contribution in [0.1, 0.15) is 65.7 Å². The van der Waals surface area contributed by atoms with E-state index in [-0.39, 0.29) is 31.2 Å². The smallest absolute Gasteiger partial charge is 0.405 e. The van der Waals surface area contributed by atoms with Crippen LogP contribution in [0.2, 0.25) is 0 Å². The van der Waals surface area contributed by atoms with Crippen LogP contribution in [0, 0.1) is 17.8 Å². The van der Waals surface area contributed by atoms with Crippen LogP contribution in [0.3, 0.4) is 0 Å². The molecule has 264 valence electrons. The highest BCUT2D eigenvalue weighted by molar-refractivity contribution is 7.91. The molecule has 2 aromatic rings. The first-order valence-electron chi connectivity index (χ1n) is 16.6. The summed E-state index contributed by atoms with van der Waals surface area (Å²) in [7, 11) is -3.99. The lowest BCUT2D eigenvalue weighted by molar-refractivity contribution is -0.142. The van der Waals surface area contributed by atoms with Crippen molar-refractivity contribution >= 4 is 45.2 Å². The van der Waals surface area contributed by atoms with Crippen LogP contribution in [0.5, 0.6) is 5.88 Å². The van der Waals surface area contributed by atoms with E-state index >= 15 is 0 Å². The van der Waals surface area contributed by atoms with Crippen LogP contribution in [0.25, 0.3) is 10.6 Å². The Hall–Kier alpha value is -4.05. The van der Waals surface area contributed by atoms with Gasteiger partial charge in [-0.2, -0.15) is 0 Å². The van der Waals surface area contributed by atoms with Crippen LogP contribution in [0.15, 0.2) is 42.1 Å². The molecule has 2 aromatic heterocycles. The maximum Gasteiger partial charge on any atom is 0.405 e. The Morgan fingerprint density at radius 3 is 2.63 bits per heavy atom. The number of nitrogens with one attached hydrogen (secondary N) is 3. The van der Waals surface area contributed by atoms with Crippen molar-refractivity contribution in [2.24, 2.45) is 17.8 Å². The summed E-state index contributed by atoms with van der Waals surface area (Å²) in [5.74, 6) is -2.50. The van der Waals surface area contributed by atoms with Crippen molar-refractivity contribution in [1.82, 2.24) is 30.2 Å². The van der Waals surface area contributed by atoms with Crippen molar-refractivity contribution in [3.8, 4) is 16.5 Å². The average Bonchev–Trinajstić information content (AvgIpc) is 3.79. The molecule has 2 saturated carbocycles. The second-order valence-electron chi connectivity index (χ2n) is 14.1. The molecule has 7 atom stereocenters. The van der Waals surface area contributed by atoms with Gasteiger partial charge in [0.05, 0.1) is 11.3 Å². The number of hydrogen-bond donors (Lipinski definition) is 4. The molecule has 6 rings (SSSR count). The van der Waals surface area contributed by atoms with Gasteiger partial charge >= 0.3 is 6.09 Å². The summed E-state index contributed by atoms with van der Waals surface area (Å²) in [4.78, 5) is 64.0. The van der Waals surface area contributed by atoms with Crippen LogP contribution in [0.4, 0.5) is 4.79 Å². The van der Waals surface area contributed by atoms with Gasteiger partial charge < -0.3 is 25.4 Å². The van der Waals surface area contributed by atoms with Gasteiger partial charge in [0.25, 0.3) is 5.91 Å². The predicted molar refractivity (Wildman–Crippen MR) is 180 cm³/mol. The van der Waals surface area contributed by atoms with Crippen molar-refractivity contribution in [3.05, 3.63) is 42.1 Å². The van der Waals surface area contributed by atoms with Crippen molar-refractivity contribution < 1.29 is 37.4 Å². The molecule has 4 aliphatic rings. The van der Waals surface area contributed by atoms with Crippen LogP contribution in [-0.2, 0) is 24.4 Å². The summed E-state index contributed by atoms with van der Waals surface area (Å²) in [6.07, 6.45) is 8.01. The SMILES string of the molecule is C[C@@H]1CCC=C[C@@H]2C[C@@]2(C(=O)NS(=O)(=O)C2(C)CC2)NC(=O)[C@@H]2C[C@@H](Oc3cc(-c4nccs4)ccn3)CN2C(=O)[C@@H](NC(=O)O)[C@H](C)C1. The second kappa shape index (κ2) is 13.3. The third-order valence-electron chi connectivity index (χ3n) is 10.2. The van der Waals surface area contributed by atoms with Crippen LogP contribution < -0.4 is 20.1 Å². The van der Waals surface area contributed by atoms with Gasteiger partial charge in [0.15, 0.2) is 0 Å². The molecule has 2 aliphatic heterocycles. The van der Waals surface area contributed by atoms with Gasteiger partial charge in [-0.25, -0.2) is 23.2 Å². The Kier molecular flexibility index (Phi) is 9.48. The van der Waals surface area contributed by atoms with Gasteiger partial charge in [0.2, 0.25) is 27.7 Å². The molecule has 2 aliphatic carbocycles. The summed E-state index contributed by atoms with van der Waals surface area (Å²) in [5.41, 5.74) is -0.743. The van der Waals surface area contributed by atoms with Gasteiger partial charge in [-0.05, 0) is 63.4 Å². The first kappa shape index (κ1) is 34.8. The van der Waals surface area contributed by atoms with Crippen molar-refractivity contribution in [2.45, 2.75) is 94.2 Å². The second-order valence-corrected chi connectivity index (χ2v) is 17.2. The van der Waals surface area contributed by atoms with Crippen molar-refractivity contribution in [2.75, 3.05) is 6.54 Å². The molecule has 0 radical (unpaired) electrons. The Morgan fingerprint density at radius 2 is 1.94 bits per heavy atom. The number of hydrogen-bond acceptors (Lipinski definition) is 10. The topological polar surface area (TPSA) is 197 Å². The lowest BCUT2D eigenvalue weighted by atomic mass is 9.88. The van der Waals surface area contributed by atoms with Gasteiger partial charge in [-0.15, -0.1) is 11.3 Å². The minimum Gasteiger partial charge on any atom is -0.472 e. The van der Waals surface area contributed by atoms with Gasteiger partial charge in [0, 0.05) is 41.7 Å². The molecule has 0 bridgehead atoms. The molecule has 4 heterocycles. The third kappa shape index (κ3) is 7.30. The number of carbonyl (C=O) groups excluding carboxylic acids is 3. The minimum atomic E-state index is -3.99. The number of fused-ring (bicyclic) bond motifs is 2. The van der Waals surface area contributed by atoms with E-state index in [0.29, 0.717) is 25.7 Å². The fourth-order valence-electron chi connectivity index (χ4n) is 6.87. The van der Waals surface area contributed by atoms with Gasteiger partial charge in [-0.3, -0.25) is 19.1 Å². The maximum absolute atomic E-state index is 14.3. The number of sulfonamides is 1. The first-order chi connectivity index (χ1) is 23.2. The molecule has 3 fully saturated rings. The normalized spacial score (nSPS) is 31.3. The molecule has 0 spiro atoms. The van der Waals surface area contributed by atoms with E-state index in [9.17, 15) is 32.7 Å². The highest BCUT2D eigenvalue weighted by Gasteiger charge is 2.63. The molecule has 14 nitrogen and oxygen atoms in total. The van der Waals surface area contributed by atoms with Crippen LogP contribution in [-0.4, -0.2) is 87.2 Å². The quantitative estimate of drug-likeness (QED) is 0.310. The largest absolute Gasteiger partial charge is 0.472 e. The summed E-state index contributed by atoms with van der Waals surface area (Å²) in [5, 5.41) is 17.5. The highest BCUT2D eigenvalue weighted by atomic mass is 32.2. The van der Waals surface area contributed by atoms with Crippen molar-refractivity contribution in [3.63, 3.8) is 0 Å². The van der Waals surface area contributed by atoms with Crippen LogP contribution >= 0.6 is 11.3 Å². The average molecular weight is 715 g/mol. The fraction of sp³-hybridized carbons (Fsp3) is 0.576. The number of thiazole rings is 1. The molecular formula is C33H42N6O8S2. The lowest BCUT2D eigenvalue weighted by Crippen LogP contribution is -2.59. The zero-order valence-electron chi connectivity index (χ0n) is 27.6. The summed E-state index contributed by atoms with van der Waals surface area (Å²) in [6.45, 7) is 5.37. The molecular weight excluding hydrogens is 673 g/mol. The number of allylic oxidation sites excluding steroid dienone is 1. The number of aromatic nitrogens is 2. The van der Waals surface area contributed by atoms with Crippen molar-refractivity contribution in [1.29, 1.82) is 0 Å². The molecule has 4 N–H and O–H groups in total. The maximum atomic E-state index is 14.3. The molecule has 0 aromatic carbocycles. The first-order valence-corrected chi connectivity index (χ1v) is 19.0. The van der Waals surface area contributed by atoms with E-state index in [2.05, 4.69) is 25.3 Å². The number of carboxylic acid groups (broad SMARTS) is 1. The number of rotatable bonds is 7. The number of carbonyl (C=O) groups is 4. The lowest BCUT2D eigenvalue weighted by Gasteiger charge is -2.32. The van der Waals surface area contributed by atoms with E-state index < -0.39 is 74.1 Å². The summed E-state index contributed by atoms with van der Waals surface area (Å²) in [6, 6.07) is 1.23. The zero-order chi connectivity index (χ0) is 35.1. The third-order valence-corrected chi connectivity index (χ3v) is 13.2. The Labute approximate surface area is 289 Å². The fourth-order valence-corrected chi connectivity index (χ4v) is 8.82.